The lowest BCUT2D eigenvalue weighted by atomic mass is 9.94. The summed E-state index contributed by atoms with van der Waals surface area (Å²) in [6.45, 7) is 1.83. The second-order valence-corrected chi connectivity index (χ2v) is 8.93. The first-order chi connectivity index (χ1) is 14.2. The van der Waals surface area contributed by atoms with Gasteiger partial charge in [0.15, 0.2) is 11.1 Å². The van der Waals surface area contributed by atoms with E-state index < -0.39 is 22.8 Å². The highest BCUT2D eigenvalue weighted by Crippen LogP contribution is 2.39. The number of rotatable bonds is 4. The average Bonchev–Trinajstić information content (AvgIpc) is 3.14. The Morgan fingerprint density at radius 1 is 1.07 bits per heavy atom. The minimum atomic E-state index is -4.49. The van der Waals surface area contributed by atoms with Gasteiger partial charge in [-0.1, -0.05) is 30.3 Å². The van der Waals surface area contributed by atoms with E-state index in [0.717, 1.165) is 32.5 Å². The molecule has 2 heterocycles. The van der Waals surface area contributed by atoms with Gasteiger partial charge in [-0.15, -0.1) is 11.3 Å². The summed E-state index contributed by atoms with van der Waals surface area (Å²) in [5.41, 5.74) is 2.35. The molecule has 4 rings (SSSR count). The number of fused-ring (bicyclic) bond motifs is 1. The van der Waals surface area contributed by atoms with Gasteiger partial charge in [0.25, 0.3) is 0 Å². The molecular weight excluding hydrogens is 431 g/mol. The Kier molecular flexibility index (Phi) is 5.48. The molecule has 0 spiro atoms. The zero-order valence-corrected chi connectivity index (χ0v) is 17.4. The third kappa shape index (κ3) is 4.03. The summed E-state index contributed by atoms with van der Waals surface area (Å²) in [6, 6.07) is 15.4. The SMILES string of the molecule is Cc1cnc2c(C(F)(F)F)cccc2c1-c1cccc(-c2ccc(CS(=O)O)s2)c1. The van der Waals surface area contributed by atoms with E-state index in [9.17, 15) is 17.4 Å². The van der Waals surface area contributed by atoms with Gasteiger partial charge in [-0.05, 0) is 53.4 Å². The van der Waals surface area contributed by atoms with Crippen molar-refractivity contribution in [3.8, 4) is 21.6 Å². The Balaban J connectivity index is 1.85. The normalized spacial score (nSPS) is 13.0. The quantitative estimate of drug-likeness (QED) is 0.355. The van der Waals surface area contributed by atoms with Gasteiger partial charge < -0.3 is 4.55 Å². The summed E-state index contributed by atoms with van der Waals surface area (Å²) >= 11 is -0.493. The minimum absolute atomic E-state index is 0.0681. The highest BCUT2D eigenvalue weighted by molar-refractivity contribution is 7.78. The Labute approximate surface area is 177 Å². The summed E-state index contributed by atoms with van der Waals surface area (Å²) < 4.78 is 60.5. The largest absolute Gasteiger partial charge is 0.418 e. The lowest BCUT2D eigenvalue weighted by Crippen LogP contribution is -2.07. The number of hydrogen-bond acceptors (Lipinski definition) is 3. The van der Waals surface area contributed by atoms with Gasteiger partial charge in [0.2, 0.25) is 0 Å². The third-order valence-electron chi connectivity index (χ3n) is 4.76. The molecule has 0 aliphatic carbocycles. The van der Waals surface area contributed by atoms with Crippen LogP contribution in [0.4, 0.5) is 13.2 Å². The van der Waals surface area contributed by atoms with Crippen molar-refractivity contribution >= 4 is 33.3 Å². The Morgan fingerprint density at radius 3 is 2.53 bits per heavy atom. The summed E-state index contributed by atoms with van der Waals surface area (Å²) in [6.07, 6.45) is -3.01. The van der Waals surface area contributed by atoms with E-state index >= 15 is 0 Å². The van der Waals surface area contributed by atoms with Gasteiger partial charge in [-0.3, -0.25) is 4.98 Å². The number of para-hydroxylation sites is 1. The Morgan fingerprint density at radius 2 is 1.80 bits per heavy atom. The van der Waals surface area contributed by atoms with E-state index in [4.69, 9.17) is 4.55 Å². The topological polar surface area (TPSA) is 50.2 Å². The highest BCUT2D eigenvalue weighted by Gasteiger charge is 2.33. The molecule has 0 radical (unpaired) electrons. The molecule has 4 aromatic rings. The number of aromatic nitrogens is 1. The summed E-state index contributed by atoms with van der Waals surface area (Å²) in [4.78, 5) is 5.78. The molecule has 8 heteroatoms. The lowest BCUT2D eigenvalue weighted by molar-refractivity contribution is -0.136. The fourth-order valence-electron chi connectivity index (χ4n) is 3.49. The minimum Gasteiger partial charge on any atom is -0.306 e. The molecule has 1 atom stereocenters. The van der Waals surface area contributed by atoms with Crippen LogP contribution < -0.4 is 0 Å². The number of halogens is 3. The molecule has 2 aromatic carbocycles. The van der Waals surface area contributed by atoms with Crippen LogP contribution in [0.2, 0.25) is 0 Å². The van der Waals surface area contributed by atoms with E-state index in [1.54, 1.807) is 6.07 Å². The van der Waals surface area contributed by atoms with E-state index in [-0.39, 0.29) is 11.3 Å². The fraction of sp³-hybridized carbons (Fsp3) is 0.136. The molecule has 0 amide bonds. The zero-order valence-electron chi connectivity index (χ0n) is 15.7. The average molecular weight is 448 g/mol. The van der Waals surface area contributed by atoms with Crippen molar-refractivity contribution < 1.29 is 21.9 Å². The predicted octanol–water partition coefficient (Wildman–Crippen LogP) is 6.68. The van der Waals surface area contributed by atoms with Crippen LogP contribution in [0.15, 0.2) is 60.8 Å². The molecule has 0 aliphatic rings. The van der Waals surface area contributed by atoms with Crippen LogP contribution in [-0.4, -0.2) is 13.7 Å². The van der Waals surface area contributed by atoms with Crippen molar-refractivity contribution in [2.75, 3.05) is 0 Å². The molecule has 1 N–H and O–H groups in total. The molecule has 3 nitrogen and oxygen atoms in total. The van der Waals surface area contributed by atoms with Gasteiger partial charge in [-0.2, -0.15) is 13.2 Å². The summed E-state index contributed by atoms with van der Waals surface area (Å²) in [5.74, 6) is 0.0681. The second kappa shape index (κ2) is 7.94. The van der Waals surface area contributed by atoms with Crippen LogP contribution in [0, 0.1) is 6.92 Å². The lowest BCUT2D eigenvalue weighted by Gasteiger charge is -2.15. The van der Waals surface area contributed by atoms with Crippen molar-refractivity contribution in [1.82, 2.24) is 4.98 Å². The molecule has 30 heavy (non-hydrogen) atoms. The molecular formula is C22H16F3NO2S2. The van der Waals surface area contributed by atoms with Crippen molar-refractivity contribution in [1.29, 1.82) is 0 Å². The molecule has 0 aliphatic heterocycles. The first-order valence-electron chi connectivity index (χ1n) is 8.96. The maximum absolute atomic E-state index is 13.5. The van der Waals surface area contributed by atoms with Gasteiger partial charge >= 0.3 is 6.18 Å². The van der Waals surface area contributed by atoms with Gasteiger partial charge in [-0.25, -0.2) is 4.21 Å². The fourth-order valence-corrected chi connectivity index (χ4v) is 5.17. The van der Waals surface area contributed by atoms with Crippen LogP contribution in [0.3, 0.4) is 0 Å². The summed E-state index contributed by atoms with van der Waals surface area (Å²) in [5, 5.41) is 0.449. The van der Waals surface area contributed by atoms with Crippen molar-refractivity contribution in [3.63, 3.8) is 0 Å². The molecule has 1 unspecified atom stereocenters. The zero-order chi connectivity index (χ0) is 21.5. The number of alkyl halides is 3. The van der Waals surface area contributed by atoms with Crippen LogP contribution in [-0.2, 0) is 23.0 Å². The van der Waals surface area contributed by atoms with Gasteiger partial charge in [0.05, 0.1) is 16.8 Å². The van der Waals surface area contributed by atoms with E-state index in [0.29, 0.717) is 10.9 Å². The third-order valence-corrected chi connectivity index (χ3v) is 6.63. The number of thiophene rings is 1. The smallest absolute Gasteiger partial charge is 0.306 e. The van der Waals surface area contributed by atoms with Crippen LogP contribution in [0.1, 0.15) is 16.0 Å². The van der Waals surface area contributed by atoms with Gasteiger partial charge in [0, 0.05) is 21.3 Å². The predicted molar refractivity (Wildman–Crippen MR) is 115 cm³/mol. The molecule has 154 valence electrons. The van der Waals surface area contributed by atoms with Crippen molar-refractivity contribution in [2.45, 2.75) is 18.9 Å². The molecule has 0 saturated carbocycles. The summed E-state index contributed by atoms with van der Waals surface area (Å²) in [7, 11) is 0. The Bertz CT molecular complexity index is 1260. The van der Waals surface area contributed by atoms with Crippen molar-refractivity contribution in [2.24, 2.45) is 0 Å². The van der Waals surface area contributed by atoms with E-state index in [2.05, 4.69) is 4.98 Å². The first-order valence-corrected chi connectivity index (χ1v) is 11.1. The second-order valence-electron chi connectivity index (χ2n) is 6.83. The number of hydrogen-bond donors (Lipinski definition) is 1. The van der Waals surface area contributed by atoms with Crippen LogP contribution in [0.25, 0.3) is 32.5 Å². The molecule has 0 saturated heterocycles. The first kappa shape index (κ1) is 20.7. The number of aryl methyl sites for hydroxylation is 1. The highest BCUT2D eigenvalue weighted by atomic mass is 32.2. The number of nitrogens with zero attached hydrogens (tertiary/aromatic N) is 1. The Hall–Kier alpha value is -2.55. The molecule has 0 bridgehead atoms. The van der Waals surface area contributed by atoms with Gasteiger partial charge in [0.1, 0.15) is 0 Å². The standard InChI is InChI=1S/C22H16F3NO2S2/c1-13-11-26-21-17(6-3-7-18(21)22(23,24)25)20(13)15-5-2-4-14(10-15)19-9-8-16(29-19)12-30(27)28/h2-11H,12H2,1H3,(H,27,28). The van der Waals surface area contributed by atoms with Crippen molar-refractivity contribution in [3.05, 3.63) is 76.8 Å². The molecule has 2 aromatic heterocycles. The number of benzene rings is 2. The van der Waals surface area contributed by atoms with E-state index in [1.165, 1.54) is 23.6 Å². The van der Waals surface area contributed by atoms with Crippen LogP contribution >= 0.6 is 11.3 Å². The monoisotopic (exact) mass is 447 g/mol. The number of pyridine rings is 1. The maximum atomic E-state index is 13.5. The molecule has 0 fully saturated rings. The maximum Gasteiger partial charge on any atom is 0.418 e. The van der Waals surface area contributed by atoms with E-state index in [1.807, 2.05) is 43.3 Å². The van der Waals surface area contributed by atoms with Crippen LogP contribution in [0.5, 0.6) is 0 Å².